The number of nitrogens with two attached hydrogens (primary N) is 1. The summed E-state index contributed by atoms with van der Waals surface area (Å²) in [5.74, 6) is 0. The highest BCUT2D eigenvalue weighted by atomic mass is 79.9. The SMILES string of the molecule is Cc1ncsc1CN(C)C(c1ccc(Br)cc1)C(C)N. The lowest BCUT2D eigenvalue weighted by Crippen LogP contribution is -2.36. The lowest BCUT2D eigenvalue weighted by Gasteiger charge is -2.31. The Morgan fingerprint density at radius 1 is 1.35 bits per heavy atom. The van der Waals surface area contributed by atoms with Crippen LogP contribution in [0.25, 0.3) is 0 Å². The van der Waals surface area contributed by atoms with Gasteiger partial charge in [0.2, 0.25) is 0 Å². The van der Waals surface area contributed by atoms with E-state index in [1.807, 2.05) is 5.51 Å². The fourth-order valence-electron chi connectivity index (χ4n) is 2.42. The van der Waals surface area contributed by atoms with Crippen LogP contribution < -0.4 is 5.73 Å². The zero-order valence-corrected chi connectivity index (χ0v) is 14.4. The van der Waals surface area contributed by atoms with E-state index < -0.39 is 0 Å². The Kier molecular flexibility index (Phi) is 5.32. The standard InChI is InChI=1S/C15H20BrN3S/c1-10(17)15(12-4-6-13(16)7-5-12)19(3)8-14-11(2)18-9-20-14/h4-7,9-10,15H,8,17H2,1-3H3. The molecule has 0 spiro atoms. The van der Waals surface area contributed by atoms with Crippen LogP contribution >= 0.6 is 27.3 Å². The molecule has 0 fully saturated rings. The summed E-state index contributed by atoms with van der Waals surface area (Å²) in [6, 6.07) is 8.66. The molecule has 1 aromatic carbocycles. The number of halogens is 1. The fraction of sp³-hybridized carbons (Fsp3) is 0.400. The summed E-state index contributed by atoms with van der Waals surface area (Å²) in [5.41, 5.74) is 10.5. The van der Waals surface area contributed by atoms with Gasteiger partial charge in [0.25, 0.3) is 0 Å². The van der Waals surface area contributed by atoms with Gasteiger partial charge in [0.1, 0.15) is 0 Å². The smallest absolute Gasteiger partial charge is 0.0798 e. The molecule has 2 N–H and O–H groups in total. The number of thiazole rings is 1. The number of benzene rings is 1. The highest BCUT2D eigenvalue weighted by Gasteiger charge is 2.22. The molecular weight excluding hydrogens is 334 g/mol. The van der Waals surface area contributed by atoms with Crippen LogP contribution in [0.4, 0.5) is 0 Å². The maximum absolute atomic E-state index is 6.21. The number of likely N-dealkylation sites (N-methyl/N-ethyl adjacent to an activating group) is 1. The zero-order chi connectivity index (χ0) is 14.7. The van der Waals surface area contributed by atoms with Gasteiger partial charge in [0, 0.05) is 28.0 Å². The first-order valence-electron chi connectivity index (χ1n) is 6.59. The lowest BCUT2D eigenvalue weighted by atomic mass is 9.99. The topological polar surface area (TPSA) is 42.2 Å². The van der Waals surface area contributed by atoms with Gasteiger partial charge in [-0.1, -0.05) is 28.1 Å². The van der Waals surface area contributed by atoms with E-state index in [4.69, 9.17) is 5.73 Å². The zero-order valence-electron chi connectivity index (χ0n) is 12.0. The molecule has 108 valence electrons. The van der Waals surface area contributed by atoms with Crippen LogP contribution in [0, 0.1) is 6.92 Å². The van der Waals surface area contributed by atoms with E-state index in [9.17, 15) is 0 Å². The molecule has 0 aliphatic heterocycles. The molecule has 2 rings (SSSR count). The third-order valence-corrected chi connectivity index (χ3v) is 4.87. The fourth-order valence-corrected chi connectivity index (χ4v) is 3.53. The maximum atomic E-state index is 6.21. The van der Waals surface area contributed by atoms with Crippen molar-refractivity contribution < 1.29 is 0 Å². The summed E-state index contributed by atoms with van der Waals surface area (Å²) in [6.07, 6.45) is 0. The van der Waals surface area contributed by atoms with Crippen LogP contribution in [-0.4, -0.2) is 23.0 Å². The highest BCUT2D eigenvalue weighted by Crippen LogP contribution is 2.26. The van der Waals surface area contributed by atoms with Crippen LogP contribution in [0.2, 0.25) is 0 Å². The normalized spacial score (nSPS) is 14.5. The molecule has 20 heavy (non-hydrogen) atoms. The molecule has 0 aliphatic carbocycles. The van der Waals surface area contributed by atoms with Gasteiger partial charge in [0.05, 0.1) is 11.2 Å². The van der Waals surface area contributed by atoms with E-state index in [1.165, 1.54) is 10.4 Å². The van der Waals surface area contributed by atoms with Crippen molar-refractivity contribution in [2.45, 2.75) is 32.5 Å². The van der Waals surface area contributed by atoms with Crippen LogP contribution in [0.15, 0.2) is 34.2 Å². The van der Waals surface area contributed by atoms with Gasteiger partial charge in [0.15, 0.2) is 0 Å². The average molecular weight is 354 g/mol. The van der Waals surface area contributed by atoms with E-state index >= 15 is 0 Å². The van der Waals surface area contributed by atoms with Crippen molar-refractivity contribution in [1.29, 1.82) is 0 Å². The largest absolute Gasteiger partial charge is 0.326 e. The number of aryl methyl sites for hydroxylation is 1. The van der Waals surface area contributed by atoms with Gasteiger partial charge < -0.3 is 5.73 Å². The second kappa shape index (κ2) is 6.80. The van der Waals surface area contributed by atoms with E-state index in [1.54, 1.807) is 11.3 Å². The second-order valence-corrected chi connectivity index (χ2v) is 6.99. The number of hydrogen-bond acceptors (Lipinski definition) is 4. The molecule has 0 aliphatic rings. The van der Waals surface area contributed by atoms with Crippen molar-refractivity contribution in [1.82, 2.24) is 9.88 Å². The van der Waals surface area contributed by atoms with Crippen molar-refractivity contribution in [2.24, 2.45) is 5.73 Å². The molecule has 1 aromatic heterocycles. The summed E-state index contributed by atoms with van der Waals surface area (Å²) in [4.78, 5) is 7.91. The molecule has 5 heteroatoms. The number of aromatic nitrogens is 1. The molecule has 0 bridgehead atoms. The Hall–Kier alpha value is -0.750. The van der Waals surface area contributed by atoms with Crippen LogP contribution in [-0.2, 0) is 6.54 Å². The van der Waals surface area contributed by atoms with Gasteiger partial charge in [-0.25, -0.2) is 4.98 Å². The summed E-state index contributed by atoms with van der Waals surface area (Å²) in [6.45, 7) is 4.99. The molecule has 2 aromatic rings. The first-order chi connectivity index (χ1) is 9.49. The van der Waals surface area contributed by atoms with E-state index in [-0.39, 0.29) is 12.1 Å². The molecule has 2 unspecified atom stereocenters. The Labute approximate surface area is 133 Å². The second-order valence-electron chi connectivity index (χ2n) is 5.13. The third-order valence-electron chi connectivity index (χ3n) is 3.42. The molecule has 0 saturated carbocycles. The van der Waals surface area contributed by atoms with E-state index in [0.29, 0.717) is 0 Å². The monoisotopic (exact) mass is 353 g/mol. The molecular formula is C15H20BrN3S. The average Bonchev–Trinajstić information content (AvgIpc) is 2.77. The molecule has 0 radical (unpaired) electrons. The highest BCUT2D eigenvalue weighted by molar-refractivity contribution is 9.10. The van der Waals surface area contributed by atoms with Gasteiger partial charge >= 0.3 is 0 Å². The van der Waals surface area contributed by atoms with Gasteiger partial charge in [-0.15, -0.1) is 11.3 Å². The minimum Gasteiger partial charge on any atom is -0.326 e. The van der Waals surface area contributed by atoms with Gasteiger partial charge in [-0.05, 0) is 38.6 Å². The first kappa shape index (κ1) is 15.6. The third kappa shape index (κ3) is 3.67. The van der Waals surface area contributed by atoms with Crippen molar-refractivity contribution >= 4 is 27.3 Å². The number of hydrogen-bond donors (Lipinski definition) is 1. The summed E-state index contributed by atoms with van der Waals surface area (Å²) < 4.78 is 1.09. The molecule has 3 nitrogen and oxygen atoms in total. The van der Waals surface area contributed by atoms with Crippen LogP contribution in [0.1, 0.15) is 29.1 Å². The van der Waals surface area contributed by atoms with Crippen LogP contribution in [0.3, 0.4) is 0 Å². The Morgan fingerprint density at radius 3 is 2.50 bits per heavy atom. The molecule has 1 heterocycles. The summed E-state index contributed by atoms with van der Waals surface area (Å²) in [5, 5.41) is 0. The molecule has 2 atom stereocenters. The predicted octanol–water partition coefficient (Wildman–Crippen LogP) is 3.73. The Balaban J connectivity index is 2.20. The Bertz CT molecular complexity index is 551. The Morgan fingerprint density at radius 2 is 2.00 bits per heavy atom. The number of nitrogens with zero attached hydrogens (tertiary/aromatic N) is 2. The van der Waals surface area contributed by atoms with Crippen molar-refractivity contribution in [3.63, 3.8) is 0 Å². The first-order valence-corrected chi connectivity index (χ1v) is 8.26. The molecule has 0 amide bonds. The van der Waals surface area contributed by atoms with E-state index in [0.717, 1.165) is 16.7 Å². The van der Waals surface area contributed by atoms with Gasteiger partial charge in [-0.3, -0.25) is 4.90 Å². The van der Waals surface area contributed by atoms with Crippen molar-refractivity contribution in [3.8, 4) is 0 Å². The predicted molar refractivity (Wildman–Crippen MR) is 88.9 cm³/mol. The van der Waals surface area contributed by atoms with Crippen molar-refractivity contribution in [2.75, 3.05) is 7.05 Å². The lowest BCUT2D eigenvalue weighted by molar-refractivity contribution is 0.212. The molecule has 0 saturated heterocycles. The summed E-state index contributed by atoms with van der Waals surface area (Å²) >= 11 is 5.18. The summed E-state index contributed by atoms with van der Waals surface area (Å²) in [7, 11) is 2.12. The quantitative estimate of drug-likeness (QED) is 0.890. The maximum Gasteiger partial charge on any atom is 0.0798 e. The number of rotatable bonds is 5. The minimum atomic E-state index is 0.0643. The van der Waals surface area contributed by atoms with Gasteiger partial charge in [-0.2, -0.15) is 0 Å². The van der Waals surface area contributed by atoms with E-state index in [2.05, 4.69) is 71.0 Å². The van der Waals surface area contributed by atoms with Crippen LogP contribution in [0.5, 0.6) is 0 Å². The van der Waals surface area contributed by atoms with Crippen molar-refractivity contribution in [3.05, 3.63) is 50.4 Å². The minimum absolute atomic E-state index is 0.0643.